The van der Waals surface area contributed by atoms with Gasteiger partial charge in [0.05, 0.1) is 0 Å². The van der Waals surface area contributed by atoms with Gasteiger partial charge in [-0.25, -0.2) is 0 Å². The minimum atomic E-state index is 0.416. The SMILES string of the molecule is CC(C)CC(C)CC1C2(C)C(C)C3CCCC(C)C3C(C)C2C(C)C2(C)C(C)C(C(C)C)C(C)CC12C. The van der Waals surface area contributed by atoms with Crippen LogP contribution in [0.2, 0.25) is 0 Å². The predicted octanol–water partition coefficient (Wildman–Crippen LogP) is 11.2. The first-order chi connectivity index (χ1) is 17.0. The number of hydrogen-bond acceptors (Lipinski definition) is 0. The molecule has 0 aromatic rings. The molecule has 4 aliphatic rings. The van der Waals surface area contributed by atoms with E-state index in [0.29, 0.717) is 16.2 Å². The quantitative estimate of drug-likeness (QED) is 0.343. The summed E-state index contributed by atoms with van der Waals surface area (Å²) in [5.74, 6) is 12.0. The van der Waals surface area contributed by atoms with Gasteiger partial charge in [0.15, 0.2) is 0 Å². The van der Waals surface area contributed by atoms with Gasteiger partial charge in [-0.1, -0.05) is 110 Å². The molecule has 0 heterocycles. The molecule has 15 unspecified atom stereocenters. The van der Waals surface area contributed by atoms with Crippen LogP contribution >= 0.6 is 0 Å². The van der Waals surface area contributed by atoms with Crippen LogP contribution in [0.5, 0.6) is 0 Å². The van der Waals surface area contributed by atoms with Crippen LogP contribution in [0.1, 0.15) is 135 Å². The summed E-state index contributed by atoms with van der Waals surface area (Å²) < 4.78 is 0. The fourth-order valence-corrected chi connectivity index (χ4v) is 14.1. The second-order valence-corrected chi connectivity index (χ2v) is 17.5. The van der Waals surface area contributed by atoms with Crippen LogP contribution in [0.3, 0.4) is 0 Å². The summed E-state index contributed by atoms with van der Waals surface area (Å²) in [4.78, 5) is 0. The van der Waals surface area contributed by atoms with Crippen molar-refractivity contribution in [3.63, 3.8) is 0 Å². The Bertz CT molecular complexity index is 794. The van der Waals surface area contributed by atoms with Gasteiger partial charge in [-0.05, 0) is 125 Å². The first-order valence-corrected chi connectivity index (χ1v) is 17.0. The van der Waals surface area contributed by atoms with E-state index < -0.39 is 0 Å². The van der Waals surface area contributed by atoms with Gasteiger partial charge in [-0.3, -0.25) is 0 Å². The van der Waals surface area contributed by atoms with E-state index in [1.54, 1.807) is 0 Å². The first-order valence-electron chi connectivity index (χ1n) is 17.0. The van der Waals surface area contributed by atoms with E-state index in [0.717, 1.165) is 82.9 Å². The first kappa shape index (κ1) is 30.0. The maximum absolute atomic E-state index is 2.87. The van der Waals surface area contributed by atoms with Crippen molar-refractivity contribution in [2.45, 2.75) is 135 Å². The van der Waals surface area contributed by atoms with Crippen LogP contribution in [-0.2, 0) is 0 Å². The molecule has 0 heteroatoms. The molecule has 0 amide bonds. The van der Waals surface area contributed by atoms with Crippen LogP contribution in [-0.4, -0.2) is 0 Å². The highest BCUT2D eigenvalue weighted by atomic mass is 14.8. The van der Waals surface area contributed by atoms with Crippen LogP contribution in [0.4, 0.5) is 0 Å². The molecule has 0 spiro atoms. The lowest BCUT2D eigenvalue weighted by Crippen LogP contribution is -2.72. The molecule has 0 aromatic heterocycles. The molecule has 0 N–H and O–H groups in total. The average Bonchev–Trinajstić information content (AvgIpc) is 2.77. The Balaban J connectivity index is 1.91. The molecule has 0 aliphatic heterocycles. The van der Waals surface area contributed by atoms with Crippen molar-refractivity contribution in [3.8, 4) is 0 Å². The maximum atomic E-state index is 2.87. The highest BCUT2D eigenvalue weighted by Crippen LogP contribution is 2.78. The normalized spacial score (nSPS) is 55.0. The van der Waals surface area contributed by atoms with Gasteiger partial charge in [0.2, 0.25) is 0 Å². The number of hydrogen-bond donors (Lipinski definition) is 0. The number of fused-ring (bicyclic) bond motifs is 3. The van der Waals surface area contributed by atoms with Gasteiger partial charge in [-0.15, -0.1) is 0 Å². The Kier molecular flexibility index (Phi) is 8.20. The lowest BCUT2D eigenvalue weighted by Gasteiger charge is -2.77. The van der Waals surface area contributed by atoms with Crippen molar-refractivity contribution in [2.75, 3.05) is 0 Å². The minimum absolute atomic E-state index is 0.416. The highest BCUT2D eigenvalue weighted by Gasteiger charge is 2.73. The Morgan fingerprint density at radius 3 is 1.95 bits per heavy atom. The van der Waals surface area contributed by atoms with Crippen LogP contribution in [0.25, 0.3) is 0 Å². The van der Waals surface area contributed by atoms with Crippen molar-refractivity contribution in [2.24, 2.45) is 99.1 Å². The van der Waals surface area contributed by atoms with E-state index in [4.69, 9.17) is 0 Å². The van der Waals surface area contributed by atoms with Crippen LogP contribution < -0.4 is 0 Å². The standard InChI is InChI=1S/C37H68/c1-21(2)18-23(5)19-31-35(12)20-25(7)32(22(3)4)28(10)37(35,14)29(11)34-26(8)33-24(6)16-15-17-30(33)27(9)36(31,34)13/h21-34H,15-20H2,1-14H3. The summed E-state index contributed by atoms with van der Waals surface area (Å²) in [5, 5.41) is 0. The molecule has 4 aliphatic carbocycles. The van der Waals surface area contributed by atoms with Crippen LogP contribution in [0.15, 0.2) is 0 Å². The lowest BCUT2D eigenvalue weighted by molar-refractivity contribution is -0.297. The van der Waals surface area contributed by atoms with Gasteiger partial charge < -0.3 is 0 Å². The van der Waals surface area contributed by atoms with Crippen molar-refractivity contribution >= 4 is 0 Å². The van der Waals surface area contributed by atoms with E-state index in [-0.39, 0.29) is 0 Å². The zero-order chi connectivity index (χ0) is 27.8. The molecule has 37 heavy (non-hydrogen) atoms. The highest BCUT2D eigenvalue weighted by molar-refractivity contribution is 5.20. The summed E-state index contributed by atoms with van der Waals surface area (Å²) in [5.41, 5.74) is 1.30. The second-order valence-electron chi connectivity index (χ2n) is 17.5. The van der Waals surface area contributed by atoms with Crippen molar-refractivity contribution in [3.05, 3.63) is 0 Å². The third kappa shape index (κ3) is 4.16. The monoisotopic (exact) mass is 513 g/mol. The lowest BCUT2D eigenvalue weighted by atomic mass is 9.27. The van der Waals surface area contributed by atoms with Gasteiger partial charge in [0, 0.05) is 0 Å². The molecular formula is C37H68. The molecule has 4 rings (SSSR count). The Morgan fingerprint density at radius 1 is 0.757 bits per heavy atom. The third-order valence-electron chi connectivity index (χ3n) is 15.3. The average molecular weight is 513 g/mol. The minimum Gasteiger partial charge on any atom is -0.0628 e. The molecule has 216 valence electrons. The molecule has 4 fully saturated rings. The largest absolute Gasteiger partial charge is 0.0628 e. The fraction of sp³-hybridized carbons (Fsp3) is 1.00. The van der Waals surface area contributed by atoms with E-state index in [9.17, 15) is 0 Å². The van der Waals surface area contributed by atoms with Crippen LogP contribution in [0, 0.1) is 99.1 Å². The zero-order valence-electron chi connectivity index (χ0n) is 27.8. The predicted molar refractivity (Wildman–Crippen MR) is 163 cm³/mol. The summed E-state index contributed by atoms with van der Waals surface area (Å²) in [6.07, 6.45) is 8.76. The summed E-state index contributed by atoms with van der Waals surface area (Å²) >= 11 is 0. The second kappa shape index (κ2) is 10.1. The van der Waals surface area contributed by atoms with Gasteiger partial charge in [0.1, 0.15) is 0 Å². The molecule has 0 radical (unpaired) electrons. The van der Waals surface area contributed by atoms with E-state index in [1.165, 1.54) is 38.5 Å². The Morgan fingerprint density at radius 2 is 1.38 bits per heavy atom. The van der Waals surface area contributed by atoms with Gasteiger partial charge in [-0.2, -0.15) is 0 Å². The molecule has 0 nitrogen and oxygen atoms in total. The molecular weight excluding hydrogens is 444 g/mol. The van der Waals surface area contributed by atoms with E-state index in [2.05, 4.69) is 96.9 Å². The molecule has 0 aromatic carbocycles. The summed E-state index contributed by atoms with van der Waals surface area (Å²) in [7, 11) is 0. The third-order valence-corrected chi connectivity index (χ3v) is 15.3. The molecule has 15 atom stereocenters. The van der Waals surface area contributed by atoms with Crippen molar-refractivity contribution in [1.29, 1.82) is 0 Å². The fourth-order valence-electron chi connectivity index (χ4n) is 14.1. The Labute approximate surface area is 234 Å². The Hall–Kier alpha value is 0. The summed E-state index contributed by atoms with van der Waals surface area (Å²) in [6, 6.07) is 0. The molecule has 4 saturated carbocycles. The summed E-state index contributed by atoms with van der Waals surface area (Å²) in [6.45, 7) is 37.4. The zero-order valence-corrected chi connectivity index (χ0v) is 27.8. The molecule has 0 saturated heterocycles. The maximum Gasteiger partial charge on any atom is -0.0212 e. The van der Waals surface area contributed by atoms with Gasteiger partial charge in [0.25, 0.3) is 0 Å². The van der Waals surface area contributed by atoms with Gasteiger partial charge >= 0.3 is 0 Å². The topological polar surface area (TPSA) is 0 Å². The van der Waals surface area contributed by atoms with Crippen molar-refractivity contribution in [1.82, 2.24) is 0 Å². The van der Waals surface area contributed by atoms with E-state index in [1.807, 2.05) is 0 Å². The van der Waals surface area contributed by atoms with Crippen molar-refractivity contribution < 1.29 is 0 Å². The molecule has 0 bridgehead atoms. The number of rotatable bonds is 5. The van der Waals surface area contributed by atoms with E-state index >= 15 is 0 Å². The smallest absolute Gasteiger partial charge is 0.0212 e.